The van der Waals surface area contributed by atoms with Gasteiger partial charge in [0.25, 0.3) is 0 Å². The number of hydrogen-bond acceptors (Lipinski definition) is 2. The van der Waals surface area contributed by atoms with Crippen molar-refractivity contribution in [2.24, 2.45) is 23.2 Å². The van der Waals surface area contributed by atoms with Gasteiger partial charge in [0.2, 0.25) is 5.91 Å². The number of aliphatic hydroxyl groups is 1. The molecule has 0 radical (unpaired) electrons. The smallest absolute Gasteiger partial charge is 0.223 e. The molecule has 2 N–H and O–H groups in total. The summed E-state index contributed by atoms with van der Waals surface area (Å²) in [4.78, 5) is 12.1. The van der Waals surface area contributed by atoms with Crippen LogP contribution in [0.15, 0.2) is 0 Å². The van der Waals surface area contributed by atoms with Crippen LogP contribution in [0.5, 0.6) is 0 Å². The summed E-state index contributed by atoms with van der Waals surface area (Å²) in [7, 11) is 0. The zero-order valence-electron chi connectivity index (χ0n) is 12.2. The van der Waals surface area contributed by atoms with Crippen LogP contribution >= 0.6 is 0 Å². The number of carbonyl (C=O) groups is 1. The van der Waals surface area contributed by atoms with Gasteiger partial charge < -0.3 is 10.4 Å². The molecule has 3 nitrogen and oxygen atoms in total. The lowest BCUT2D eigenvalue weighted by Gasteiger charge is -2.40. The number of carbonyl (C=O) groups excluding carboxylic acids is 1. The highest BCUT2D eigenvalue weighted by Gasteiger charge is 2.56. The predicted octanol–water partition coefficient (Wildman–Crippen LogP) is 2.48. The molecule has 0 aliphatic heterocycles. The van der Waals surface area contributed by atoms with Gasteiger partial charge in [-0.2, -0.15) is 0 Å². The standard InChI is InChI=1S/C16H27NO2/c1-15(2)6-8-16(19,9-7-15)10-17-14(18)13-11-4-3-5-12(11)13/h11-13,19H,3-10H2,1-2H3,(H,17,18). The Morgan fingerprint density at radius 1 is 1.16 bits per heavy atom. The van der Waals surface area contributed by atoms with Crippen molar-refractivity contribution in [1.82, 2.24) is 5.32 Å². The van der Waals surface area contributed by atoms with Crippen LogP contribution in [0.2, 0.25) is 0 Å². The van der Waals surface area contributed by atoms with Crippen LogP contribution in [-0.4, -0.2) is 23.2 Å². The van der Waals surface area contributed by atoms with Gasteiger partial charge in [0.1, 0.15) is 0 Å². The SMILES string of the molecule is CC1(C)CCC(O)(CNC(=O)C2C3CCCC32)CC1. The van der Waals surface area contributed by atoms with E-state index >= 15 is 0 Å². The summed E-state index contributed by atoms with van der Waals surface area (Å²) in [6.45, 7) is 4.98. The third kappa shape index (κ3) is 2.67. The Labute approximate surface area is 116 Å². The molecule has 0 aromatic rings. The average Bonchev–Trinajstić information content (AvgIpc) is 2.85. The van der Waals surface area contributed by atoms with Crippen LogP contribution in [0.4, 0.5) is 0 Å². The lowest BCUT2D eigenvalue weighted by molar-refractivity contribution is -0.125. The second-order valence-electron chi connectivity index (χ2n) is 7.89. The zero-order chi connectivity index (χ0) is 13.7. The van der Waals surface area contributed by atoms with E-state index in [4.69, 9.17) is 0 Å². The first kappa shape index (κ1) is 13.4. The Morgan fingerprint density at radius 2 is 1.74 bits per heavy atom. The molecule has 0 aromatic heterocycles. The topological polar surface area (TPSA) is 49.3 Å². The van der Waals surface area contributed by atoms with Gasteiger partial charge in [0.05, 0.1) is 5.60 Å². The number of nitrogens with one attached hydrogen (secondary N) is 1. The Balaban J connectivity index is 1.46. The number of hydrogen-bond donors (Lipinski definition) is 2. The van der Waals surface area contributed by atoms with Gasteiger partial charge in [0, 0.05) is 12.5 Å². The maximum atomic E-state index is 12.1. The van der Waals surface area contributed by atoms with Gasteiger partial charge >= 0.3 is 0 Å². The molecule has 1 amide bonds. The van der Waals surface area contributed by atoms with Crippen molar-refractivity contribution in [3.05, 3.63) is 0 Å². The van der Waals surface area contributed by atoms with E-state index in [1.54, 1.807) is 0 Å². The van der Waals surface area contributed by atoms with Gasteiger partial charge in [-0.05, 0) is 55.8 Å². The summed E-state index contributed by atoms with van der Waals surface area (Å²) >= 11 is 0. The quantitative estimate of drug-likeness (QED) is 0.823. The molecule has 19 heavy (non-hydrogen) atoms. The first-order chi connectivity index (χ1) is 8.90. The van der Waals surface area contributed by atoms with Crippen molar-refractivity contribution in [3.8, 4) is 0 Å². The maximum absolute atomic E-state index is 12.1. The minimum absolute atomic E-state index is 0.202. The number of fused-ring (bicyclic) bond motifs is 1. The largest absolute Gasteiger partial charge is 0.388 e. The Hall–Kier alpha value is -0.570. The number of amides is 1. The Kier molecular flexibility index (Phi) is 3.16. The Bertz CT molecular complexity index is 357. The molecular weight excluding hydrogens is 238 g/mol. The van der Waals surface area contributed by atoms with E-state index in [0.717, 1.165) is 25.7 Å². The summed E-state index contributed by atoms with van der Waals surface area (Å²) in [5, 5.41) is 13.6. The van der Waals surface area contributed by atoms with E-state index in [2.05, 4.69) is 19.2 Å². The van der Waals surface area contributed by atoms with Gasteiger partial charge in [-0.1, -0.05) is 20.3 Å². The molecule has 0 aromatic carbocycles. The van der Waals surface area contributed by atoms with Crippen molar-refractivity contribution in [2.45, 2.75) is 64.4 Å². The first-order valence-electron chi connectivity index (χ1n) is 7.90. The Morgan fingerprint density at radius 3 is 2.32 bits per heavy atom. The number of rotatable bonds is 3. The molecule has 0 heterocycles. The monoisotopic (exact) mass is 265 g/mol. The molecule has 0 spiro atoms. The summed E-state index contributed by atoms with van der Waals surface area (Å²) in [5.41, 5.74) is -0.307. The summed E-state index contributed by atoms with van der Waals surface area (Å²) < 4.78 is 0. The predicted molar refractivity (Wildman–Crippen MR) is 74.5 cm³/mol. The highest BCUT2D eigenvalue weighted by Crippen LogP contribution is 2.57. The van der Waals surface area contributed by atoms with Crippen LogP contribution in [0.1, 0.15) is 58.8 Å². The summed E-state index contributed by atoms with van der Waals surface area (Å²) in [6.07, 6.45) is 7.51. The van der Waals surface area contributed by atoms with Crippen molar-refractivity contribution in [1.29, 1.82) is 0 Å². The fraction of sp³-hybridized carbons (Fsp3) is 0.938. The van der Waals surface area contributed by atoms with Crippen LogP contribution in [0.3, 0.4) is 0 Å². The molecule has 3 heteroatoms. The third-order valence-electron chi connectivity index (χ3n) is 5.84. The van der Waals surface area contributed by atoms with Crippen molar-refractivity contribution >= 4 is 5.91 Å². The van der Waals surface area contributed by atoms with Crippen LogP contribution in [-0.2, 0) is 4.79 Å². The van der Waals surface area contributed by atoms with Crippen molar-refractivity contribution < 1.29 is 9.90 Å². The minimum atomic E-state index is -0.658. The summed E-state index contributed by atoms with van der Waals surface area (Å²) in [5.74, 6) is 1.81. The van der Waals surface area contributed by atoms with E-state index in [1.807, 2.05) is 0 Å². The molecule has 3 saturated carbocycles. The van der Waals surface area contributed by atoms with Crippen LogP contribution in [0, 0.1) is 23.2 Å². The lowest BCUT2D eigenvalue weighted by atomic mass is 9.71. The van der Waals surface area contributed by atoms with Crippen molar-refractivity contribution in [3.63, 3.8) is 0 Å². The highest BCUT2D eigenvalue weighted by atomic mass is 16.3. The molecular formula is C16H27NO2. The van der Waals surface area contributed by atoms with E-state index in [0.29, 0.717) is 23.8 Å². The molecule has 3 rings (SSSR count). The second-order valence-corrected chi connectivity index (χ2v) is 7.89. The molecule has 0 saturated heterocycles. The van der Waals surface area contributed by atoms with E-state index in [9.17, 15) is 9.90 Å². The molecule has 3 aliphatic rings. The lowest BCUT2D eigenvalue weighted by Crippen LogP contribution is -2.47. The fourth-order valence-corrected chi connectivity index (χ4v) is 4.15. The van der Waals surface area contributed by atoms with Gasteiger partial charge in [-0.25, -0.2) is 0 Å². The van der Waals surface area contributed by atoms with Gasteiger partial charge in [0.15, 0.2) is 0 Å². The average molecular weight is 265 g/mol. The third-order valence-corrected chi connectivity index (χ3v) is 5.84. The van der Waals surface area contributed by atoms with Crippen LogP contribution in [0.25, 0.3) is 0 Å². The first-order valence-corrected chi connectivity index (χ1v) is 7.90. The molecule has 3 fully saturated rings. The molecule has 2 atom stereocenters. The zero-order valence-corrected chi connectivity index (χ0v) is 12.2. The molecule has 108 valence electrons. The van der Waals surface area contributed by atoms with E-state index in [1.165, 1.54) is 19.3 Å². The van der Waals surface area contributed by atoms with E-state index in [-0.39, 0.29) is 11.8 Å². The molecule has 0 bridgehead atoms. The molecule has 3 aliphatic carbocycles. The van der Waals surface area contributed by atoms with Gasteiger partial charge in [-0.3, -0.25) is 4.79 Å². The fourth-order valence-electron chi connectivity index (χ4n) is 4.15. The van der Waals surface area contributed by atoms with Crippen LogP contribution < -0.4 is 5.32 Å². The highest BCUT2D eigenvalue weighted by molar-refractivity contribution is 5.82. The second kappa shape index (κ2) is 4.47. The normalized spacial score (nSPS) is 38.6. The minimum Gasteiger partial charge on any atom is -0.388 e. The van der Waals surface area contributed by atoms with E-state index < -0.39 is 5.60 Å². The maximum Gasteiger partial charge on any atom is 0.223 e. The van der Waals surface area contributed by atoms with Gasteiger partial charge in [-0.15, -0.1) is 0 Å². The summed E-state index contributed by atoms with van der Waals surface area (Å²) in [6, 6.07) is 0. The van der Waals surface area contributed by atoms with Crippen molar-refractivity contribution in [2.75, 3.05) is 6.54 Å². The molecule has 2 unspecified atom stereocenters.